The first-order valence-corrected chi connectivity index (χ1v) is 6.31. The van der Waals surface area contributed by atoms with E-state index in [1.54, 1.807) is 13.8 Å². The summed E-state index contributed by atoms with van der Waals surface area (Å²) < 4.78 is 25.6. The molecule has 0 unspecified atom stereocenters. The van der Waals surface area contributed by atoms with Crippen LogP contribution < -0.4 is 11.2 Å². The summed E-state index contributed by atoms with van der Waals surface area (Å²) in [7, 11) is 0. The maximum Gasteiger partial charge on any atom is 0.330 e. The predicted octanol–water partition coefficient (Wildman–Crippen LogP) is -0.442. The van der Waals surface area contributed by atoms with E-state index in [9.17, 15) is 19.1 Å². The molecule has 7 nitrogen and oxygen atoms in total. The molecule has 112 valence electrons. The van der Waals surface area contributed by atoms with Crippen molar-refractivity contribution in [2.75, 3.05) is 6.61 Å². The molecular weight excluding hydrogens is 271 g/mol. The van der Waals surface area contributed by atoms with E-state index in [0.717, 1.165) is 16.8 Å². The van der Waals surface area contributed by atoms with Gasteiger partial charge in [-0.15, -0.1) is 0 Å². The van der Waals surface area contributed by atoms with Crippen molar-refractivity contribution >= 4 is 0 Å². The number of alkyl halides is 1. The molecule has 0 bridgehead atoms. The third-order valence-corrected chi connectivity index (χ3v) is 3.01. The van der Waals surface area contributed by atoms with E-state index in [1.165, 1.54) is 0 Å². The fourth-order valence-corrected chi connectivity index (χ4v) is 1.98. The third kappa shape index (κ3) is 2.97. The summed E-state index contributed by atoms with van der Waals surface area (Å²) in [6.45, 7) is 3.63. The lowest BCUT2D eigenvalue weighted by atomic mass is 10.1. The number of nitrogens with zero attached hydrogens (tertiary/aromatic N) is 1. The Bertz CT molecular complexity index is 569. The predicted molar refractivity (Wildman–Crippen MR) is 67.2 cm³/mol. The Balaban J connectivity index is 2.17. The molecule has 4 atom stereocenters. The SMILES string of the molecule is CC(C)OC[C@H]1O[C@@H](n2ccc(=O)[nH]c2=O)[C@H](F)[C@@H]1O. The Labute approximate surface area is 114 Å². The number of rotatable bonds is 4. The van der Waals surface area contributed by atoms with Crippen LogP contribution in [0.15, 0.2) is 21.9 Å². The van der Waals surface area contributed by atoms with Crippen LogP contribution in [0.5, 0.6) is 0 Å². The fourth-order valence-electron chi connectivity index (χ4n) is 1.98. The number of aromatic amines is 1. The van der Waals surface area contributed by atoms with Gasteiger partial charge in [0, 0.05) is 12.3 Å². The van der Waals surface area contributed by atoms with Gasteiger partial charge in [-0.3, -0.25) is 14.3 Å². The summed E-state index contributed by atoms with van der Waals surface area (Å²) in [6, 6.07) is 1.09. The molecule has 8 heteroatoms. The minimum absolute atomic E-state index is 0.0217. The molecule has 0 saturated carbocycles. The van der Waals surface area contributed by atoms with E-state index >= 15 is 0 Å². The second-order valence-electron chi connectivity index (χ2n) is 4.90. The molecular formula is C12H17FN2O5. The van der Waals surface area contributed by atoms with Crippen LogP contribution in [0.3, 0.4) is 0 Å². The number of nitrogens with one attached hydrogen (secondary N) is 1. The van der Waals surface area contributed by atoms with Gasteiger partial charge >= 0.3 is 5.69 Å². The highest BCUT2D eigenvalue weighted by Gasteiger charge is 2.45. The van der Waals surface area contributed by atoms with Gasteiger partial charge in [-0.1, -0.05) is 0 Å². The molecule has 0 aromatic carbocycles. The maximum atomic E-state index is 14.0. The fraction of sp³-hybridized carbons (Fsp3) is 0.667. The highest BCUT2D eigenvalue weighted by molar-refractivity contribution is 4.93. The standard InChI is InChI=1S/C12H17FN2O5/c1-6(2)19-5-7-10(17)9(13)11(20-7)15-4-3-8(16)14-12(15)18/h3-4,6-7,9-11,17H,5H2,1-2H3,(H,14,16,18)/t7-,9-,10-,11-/m1/s1. The van der Waals surface area contributed by atoms with Gasteiger partial charge < -0.3 is 14.6 Å². The van der Waals surface area contributed by atoms with Gasteiger partial charge in [-0.2, -0.15) is 0 Å². The Morgan fingerprint density at radius 2 is 2.25 bits per heavy atom. The number of ether oxygens (including phenoxy) is 2. The number of halogens is 1. The number of hydrogen-bond acceptors (Lipinski definition) is 5. The quantitative estimate of drug-likeness (QED) is 0.783. The van der Waals surface area contributed by atoms with Crippen LogP contribution in [-0.2, 0) is 9.47 Å². The van der Waals surface area contributed by atoms with Crippen LogP contribution in [0.25, 0.3) is 0 Å². The van der Waals surface area contributed by atoms with Crippen molar-refractivity contribution in [3.63, 3.8) is 0 Å². The van der Waals surface area contributed by atoms with Gasteiger partial charge in [-0.05, 0) is 13.8 Å². The number of aliphatic hydroxyl groups is 1. The van der Waals surface area contributed by atoms with Crippen molar-refractivity contribution in [1.29, 1.82) is 0 Å². The normalized spacial score (nSPS) is 30.1. The zero-order valence-electron chi connectivity index (χ0n) is 11.2. The minimum atomic E-state index is -1.78. The Morgan fingerprint density at radius 3 is 2.85 bits per heavy atom. The number of H-pyrrole nitrogens is 1. The van der Waals surface area contributed by atoms with Crippen LogP contribution in [0.4, 0.5) is 4.39 Å². The summed E-state index contributed by atoms with van der Waals surface area (Å²) in [5.41, 5.74) is -1.37. The monoisotopic (exact) mass is 288 g/mol. The molecule has 0 aliphatic carbocycles. The lowest BCUT2D eigenvalue weighted by Crippen LogP contribution is -2.35. The molecule has 2 N–H and O–H groups in total. The molecule has 1 fully saturated rings. The molecule has 1 aliphatic heterocycles. The second-order valence-corrected chi connectivity index (χ2v) is 4.90. The summed E-state index contributed by atoms with van der Waals surface area (Å²) in [5, 5.41) is 9.78. The second kappa shape index (κ2) is 5.86. The van der Waals surface area contributed by atoms with Crippen molar-refractivity contribution in [3.05, 3.63) is 33.1 Å². The van der Waals surface area contributed by atoms with Gasteiger partial charge in [-0.25, -0.2) is 9.18 Å². The number of aromatic nitrogens is 2. The molecule has 2 heterocycles. The van der Waals surface area contributed by atoms with Gasteiger partial charge in [0.2, 0.25) is 0 Å². The van der Waals surface area contributed by atoms with Gasteiger partial charge in [0.15, 0.2) is 12.4 Å². The van der Waals surface area contributed by atoms with Crippen molar-refractivity contribution in [1.82, 2.24) is 9.55 Å². The van der Waals surface area contributed by atoms with Crippen LogP contribution in [0.1, 0.15) is 20.1 Å². The third-order valence-electron chi connectivity index (χ3n) is 3.01. The van der Waals surface area contributed by atoms with Crippen LogP contribution in [0, 0.1) is 0 Å². The smallest absolute Gasteiger partial charge is 0.330 e. The Hall–Kier alpha value is -1.51. The molecule has 0 spiro atoms. The van der Waals surface area contributed by atoms with E-state index < -0.39 is 35.9 Å². The molecule has 1 saturated heterocycles. The van der Waals surface area contributed by atoms with E-state index in [-0.39, 0.29) is 12.7 Å². The summed E-state index contributed by atoms with van der Waals surface area (Å²) in [6.07, 6.45) is -4.27. The van der Waals surface area contributed by atoms with Gasteiger partial charge in [0.05, 0.1) is 12.7 Å². The summed E-state index contributed by atoms with van der Waals surface area (Å²) >= 11 is 0. The minimum Gasteiger partial charge on any atom is -0.387 e. The van der Waals surface area contributed by atoms with Gasteiger partial charge in [0.1, 0.15) is 12.2 Å². The zero-order valence-corrected chi connectivity index (χ0v) is 11.2. The summed E-state index contributed by atoms with van der Waals surface area (Å²) in [4.78, 5) is 24.6. The topological polar surface area (TPSA) is 93.5 Å². The number of hydrogen-bond donors (Lipinski definition) is 2. The number of aliphatic hydroxyl groups excluding tert-OH is 1. The molecule has 1 aromatic rings. The Morgan fingerprint density at radius 1 is 1.55 bits per heavy atom. The maximum absolute atomic E-state index is 14.0. The zero-order chi connectivity index (χ0) is 14.9. The van der Waals surface area contributed by atoms with E-state index in [1.807, 2.05) is 4.98 Å². The Kier molecular flexibility index (Phi) is 4.36. The van der Waals surface area contributed by atoms with Crippen LogP contribution >= 0.6 is 0 Å². The first-order valence-electron chi connectivity index (χ1n) is 6.31. The van der Waals surface area contributed by atoms with Crippen LogP contribution in [-0.4, -0.2) is 45.7 Å². The first kappa shape index (κ1) is 14.9. The van der Waals surface area contributed by atoms with Crippen molar-refractivity contribution < 1.29 is 19.0 Å². The van der Waals surface area contributed by atoms with E-state index in [0.29, 0.717) is 0 Å². The molecule has 20 heavy (non-hydrogen) atoms. The van der Waals surface area contributed by atoms with E-state index in [4.69, 9.17) is 9.47 Å². The molecule has 1 aromatic heterocycles. The molecule has 2 rings (SSSR count). The summed E-state index contributed by atoms with van der Waals surface area (Å²) in [5.74, 6) is 0. The highest BCUT2D eigenvalue weighted by Crippen LogP contribution is 2.30. The molecule has 1 aliphatic rings. The molecule has 0 radical (unpaired) electrons. The largest absolute Gasteiger partial charge is 0.387 e. The lowest BCUT2D eigenvalue weighted by Gasteiger charge is -2.16. The average molecular weight is 288 g/mol. The van der Waals surface area contributed by atoms with E-state index in [2.05, 4.69) is 0 Å². The van der Waals surface area contributed by atoms with Crippen LogP contribution in [0.2, 0.25) is 0 Å². The lowest BCUT2D eigenvalue weighted by molar-refractivity contribution is -0.0760. The van der Waals surface area contributed by atoms with Gasteiger partial charge in [0.25, 0.3) is 5.56 Å². The van der Waals surface area contributed by atoms with Crippen molar-refractivity contribution in [3.8, 4) is 0 Å². The molecule has 0 amide bonds. The average Bonchev–Trinajstić information content (AvgIpc) is 2.64. The highest BCUT2D eigenvalue weighted by atomic mass is 19.1. The van der Waals surface area contributed by atoms with Crippen molar-refractivity contribution in [2.45, 2.75) is 44.6 Å². The first-order chi connectivity index (χ1) is 9.40. The van der Waals surface area contributed by atoms with Crippen molar-refractivity contribution in [2.24, 2.45) is 0 Å².